The molecule has 0 saturated carbocycles. The Morgan fingerprint density at radius 3 is 2.96 bits per heavy atom. The summed E-state index contributed by atoms with van der Waals surface area (Å²) in [5.41, 5.74) is 2.02. The third-order valence-corrected chi connectivity index (χ3v) is 4.39. The Kier molecular flexibility index (Phi) is 3.95. The first kappa shape index (κ1) is 15.2. The SMILES string of the molecule is Cc1nc(CN2CCO[C@@H](c3nncn3C)C2)nc2ccccc12. The van der Waals surface area contributed by atoms with Crippen molar-refractivity contribution in [1.82, 2.24) is 29.6 Å². The molecule has 2 aromatic heterocycles. The number of nitrogens with zero attached hydrogens (tertiary/aromatic N) is 6. The molecule has 7 heteroatoms. The summed E-state index contributed by atoms with van der Waals surface area (Å²) in [5.74, 6) is 1.71. The average Bonchev–Trinajstić information content (AvgIpc) is 3.01. The van der Waals surface area contributed by atoms with E-state index in [-0.39, 0.29) is 6.10 Å². The highest BCUT2D eigenvalue weighted by Gasteiger charge is 2.26. The second kappa shape index (κ2) is 6.26. The predicted molar refractivity (Wildman–Crippen MR) is 89.2 cm³/mol. The summed E-state index contributed by atoms with van der Waals surface area (Å²) in [6.07, 6.45) is 1.64. The minimum Gasteiger partial charge on any atom is -0.368 e. The first-order valence-electron chi connectivity index (χ1n) is 8.11. The van der Waals surface area contributed by atoms with Gasteiger partial charge >= 0.3 is 0 Å². The van der Waals surface area contributed by atoms with Gasteiger partial charge in [0.25, 0.3) is 0 Å². The van der Waals surface area contributed by atoms with Crippen LogP contribution in [0.4, 0.5) is 0 Å². The minimum atomic E-state index is -0.0622. The lowest BCUT2D eigenvalue weighted by Gasteiger charge is -2.31. The standard InChI is InChI=1S/C17H20N6O/c1-12-13-5-3-4-6-14(13)20-16(19-12)10-23-7-8-24-15(9-23)17-21-18-11-22(17)2/h3-6,11,15H,7-10H2,1-2H3/t15-/m1/s1. The normalized spacial score (nSPS) is 19.0. The Hall–Kier alpha value is -2.38. The third-order valence-electron chi connectivity index (χ3n) is 4.39. The van der Waals surface area contributed by atoms with Gasteiger partial charge in [0.1, 0.15) is 18.3 Å². The number of hydrogen-bond acceptors (Lipinski definition) is 6. The molecule has 1 aromatic carbocycles. The number of fused-ring (bicyclic) bond motifs is 1. The van der Waals surface area contributed by atoms with Crippen LogP contribution in [0.1, 0.15) is 23.4 Å². The molecular formula is C17H20N6O. The van der Waals surface area contributed by atoms with Gasteiger partial charge in [-0.25, -0.2) is 9.97 Å². The van der Waals surface area contributed by atoms with Gasteiger partial charge < -0.3 is 9.30 Å². The van der Waals surface area contributed by atoms with Crippen molar-refractivity contribution < 1.29 is 4.74 Å². The molecule has 4 rings (SSSR count). The van der Waals surface area contributed by atoms with Crippen LogP contribution in [-0.4, -0.2) is 49.3 Å². The van der Waals surface area contributed by atoms with Crippen LogP contribution in [0, 0.1) is 6.92 Å². The fraction of sp³-hybridized carbons (Fsp3) is 0.412. The van der Waals surface area contributed by atoms with Gasteiger partial charge in [0, 0.05) is 31.2 Å². The minimum absolute atomic E-state index is 0.0622. The van der Waals surface area contributed by atoms with E-state index in [1.165, 1.54) is 0 Å². The highest BCUT2D eigenvalue weighted by Crippen LogP contribution is 2.21. The van der Waals surface area contributed by atoms with E-state index in [1.807, 2.05) is 36.7 Å². The first-order chi connectivity index (χ1) is 11.7. The fourth-order valence-corrected chi connectivity index (χ4v) is 3.15. The number of ether oxygens (including phenoxy) is 1. The molecule has 1 fully saturated rings. The molecule has 1 aliphatic heterocycles. The predicted octanol–water partition coefficient (Wildman–Crippen LogP) is 1.64. The van der Waals surface area contributed by atoms with Crippen molar-refractivity contribution in [2.24, 2.45) is 7.05 Å². The summed E-state index contributed by atoms with van der Waals surface area (Å²) in [5, 5.41) is 9.22. The number of benzene rings is 1. The molecule has 1 saturated heterocycles. The summed E-state index contributed by atoms with van der Waals surface area (Å²) >= 11 is 0. The molecule has 0 aliphatic carbocycles. The summed E-state index contributed by atoms with van der Waals surface area (Å²) in [7, 11) is 1.94. The van der Waals surface area contributed by atoms with Gasteiger partial charge in [-0.3, -0.25) is 4.90 Å². The van der Waals surface area contributed by atoms with E-state index < -0.39 is 0 Å². The van der Waals surface area contributed by atoms with Crippen molar-refractivity contribution in [2.75, 3.05) is 19.7 Å². The van der Waals surface area contributed by atoms with E-state index in [9.17, 15) is 0 Å². The lowest BCUT2D eigenvalue weighted by molar-refractivity contribution is -0.0392. The van der Waals surface area contributed by atoms with Crippen LogP contribution in [0.25, 0.3) is 10.9 Å². The fourth-order valence-electron chi connectivity index (χ4n) is 3.15. The summed E-state index contributed by atoms with van der Waals surface area (Å²) in [6.45, 7) is 5.05. The highest BCUT2D eigenvalue weighted by molar-refractivity contribution is 5.80. The summed E-state index contributed by atoms with van der Waals surface area (Å²) in [4.78, 5) is 11.7. The molecule has 0 amide bonds. The van der Waals surface area contributed by atoms with Gasteiger partial charge in [0.2, 0.25) is 0 Å². The Labute approximate surface area is 140 Å². The Balaban J connectivity index is 1.54. The van der Waals surface area contributed by atoms with Gasteiger partial charge in [0.05, 0.1) is 18.7 Å². The number of morpholine rings is 1. The Morgan fingerprint density at radius 1 is 1.25 bits per heavy atom. The lowest BCUT2D eigenvalue weighted by Crippen LogP contribution is -2.39. The van der Waals surface area contributed by atoms with Gasteiger partial charge in [-0.15, -0.1) is 10.2 Å². The van der Waals surface area contributed by atoms with Crippen molar-refractivity contribution in [2.45, 2.75) is 19.6 Å². The van der Waals surface area contributed by atoms with Crippen molar-refractivity contribution in [3.63, 3.8) is 0 Å². The van der Waals surface area contributed by atoms with Crippen LogP contribution < -0.4 is 0 Å². The molecule has 0 unspecified atom stereocenters. The zero-order valence-electron chi connectivity index (χ0n) is 13.9. The molecule has 3 aromatic rings. The molecule has 1 atom stereocenters. The molecule has 24 heavy (non-hydrogen) atoms. The molecule has 1 aliphatic rings. The second-order valence-corrected chi connectivity index (χ2v) is 6.14. The average molecular weight is 324 g/mol. The monoisotopic (exact) mass is 324 g/mol. The Bertz CT molecular complexity index is 861. The number of para-hydroxylation sites is 1. The largest absolute Gasteiger partial charge is 0.368 e. The van der Waals surface area contributed by atoms with E-state index in [1.54, 1.807) is 6.33 Å². The number of rotatable bonds is 3. The van der Waals surface area contributed by atoms with Gasteiger partial charge in [-0.1, -0.05) is 18.2 Å². The van der Waals surface area contributed by atoms with Crippen LogP contribution in [0.15, 0.2) is 30.6 Å². The van der Waals surface area contributed by atoms with E-state index >= 15 is 0 Å². The number of aromatic nitrogens is 5. The van der Waals surface area contributed by atoms with E-state index in [2.05, 4.69) is 26.1 Å². The zero-order chi connectivity index (χ0) is 16.5. The molecule has 124 valence electrons. The maximum Gasteiger partial charge on any atom is 0.163 e. The zero-order valence-corrected chi connectivity index (χ0v) is 13.9. The molecular weight excluding hydrogens is 304 g/mol. The smallest absolute Gasteiger partial charge is 0.163 e. The number of hydrogen-bond donors (Lipinski definition) is 0. The van der Waals surface area contributed by atoms with Crippen LogP contribution in [0.3, 0.4) is 0 Å². The molecule has 0 N–H and O–H groups in total. The van der Waals surface area contributed by atoms with Crippen LogP contribution in [0.2, 0.25) is 0 Å². The molecule has 7 nitrogen and oxygen atoms in total. The van der Waals surface area contributed by atoms with Crippen molar-refractivity contribution in [3.05, 3.63) is 47.9 Å². The highest BCUT2D eigenvalue weighted by atomic mass is 16.5. The molecule has 0 radical (unpaired) electrons. The second-order valence-electron chi connectivity index (χ2n) is 6.14. The lowest BCUT2D eigenvalue weighted by atomic mass is 10.2. The van der Waals surface area contributed by atoms with E-state index in [4.69, 9.17) is 9.72 Å². The van der Waals surface area contributed by atoms with Gasteiger partial charge in [-0.2, -0.15) is 0 Å². The summed E-state index contributed by atoms with van der Waals surface area (Å²) < 4.78 is 7.77. The van der Waals surface area contributed by atoms with Crippen molar-refractivity contribution in [3.8, 4) is 0 Å². The molecule has 0 spiro atoms. The number of aryl methyl sites for hydroxylation is 2. The van der Waals surface area contributed by atoms with Crippen LogP contribution in [0.5, 0.6) is 0 Å². The Morgan fingerprint density at radius 2 is 2.12 bits per heavy atom. The van der Waals surface area contributed by atoms with E-state index in [0.29, 0.717) is 13.2 Å². The van der Waals surface area contributed by atoms with Gasteiger partial charge in [0.15, 0.2) is 5.82 Å². The maximum absolute atomic E-state index is 5.86. The van der Waals surface area contributed by atoms with Crippen LogP contribution >= 0.6 is 0 Å². The maximum atomic E-state index is 5.86. The quantitative estimate of drug-likeness (QED) is 0.729. The van der Waals surface area contributed by atoms with Crippen LogP contribution in [-0.2, 0) is 18.3 Å². The van der Waals surface area contributed by atoms with Crippen molar-refractivity contribution in [1.29, 1.82) is 0 Å². The van der Waals surface area contributed by atoms with Gasteiger partial charge in [-0.05, 0) is 13.0 Å². The summed E-state index contributed by atoms with van der Waals surface area (Å²) in [6, 6.07) is 8.13. The van der Waals surface area contributed by atoms with Crippen molar-refractivity contribution >= 4 is 10.9 Å². The van der Waals surface area contributed by atoms with E-state index in [0.717, 1.165) is 41.3 Å². The topological polar surface area (TPSA) is 69.0 Å². The molecule has 0 bridgehead atoms. The third kappa shape index (κ3) is 2.88. The molecule has 3 heterocycles. The first-order valence-corrected chi connectivity index (χ1v) is 8.11.